The molecule has 3 heteroatoms. The molecule has 0 aliphatic rings. The van der Waals surface area contributed by atoms with E-state index in [0.717, 1.165) is 50.2 Å². The number of aromatic nitrogens is 2. The summed E-state index contributed by atoms with van der Waals surface area (Å²) >= 11 is 1.89. The second kappa shape index (κ2) is 18.4. The van der Waals surface area contributed by atoms with Crippen molar-refractivity contribution in [3.63, 3.8) is 0 Å². The molecule has 0 aliphatic carbocycles. The third-order valence-corrected chi connectivity index (χ3v) is 16.1. The van der Waals surface area contributed by atoms with Gasteiger partial charge in [-0.15, -0.1) is 11.3 Å². The third kappa shape index (κ3) is 7.90. The van der Waals surface area contributed by atoms with Crippen LogP contribution >= 0.6 is 11.3 Å². The van der Waals surface area contributed by atoms with E-state index in [4.69, 9.17) is 9.97 Å². The Bertz CT molecular complexity index is 4180. The van der Waals surface area contributed by atoms with Crippen LogP contribution in [0.25, 0.3) is 120 Å². The second-order valence-corrected chi connectivity index (χ2v) is 20.3. The number of aryl methyl sites for hydroxylation is 1. The molecule has 2 aromatic heterocycles. The Morgan fingerprint density at radius 1 is 0.370 bits per heavy atom. The third-order valence-electron chi connectivity index (χ3n) is 14.9. The zero-order valence-corrected chi connectivity index (χ0v) is 41.8. The minimum Gasteiger partial charge on any atom is -0.232 e. The quantitative estimate of drug-likeness (QED) is 0.144. The summed E-state index contributed by atoms with van der Waals surface area (Å²) in [5.41, 5.74) is 19.7. The van der Waals surface area contributed by atoms with E-state index in [1.807, 2.05) is 11.3 Å². The maximum absolute atomic E-state index is 5.70. The van der Waals surface area contributed by atoms with Gasteiger partial charge in [0.05, 0.1) is 11.4 Å². The smallest absolute Gasteiger partial charge is 0.160 e. The first-order valence-electron chi connectivity index (χ1n) is 25.2. The molecular formula is C70H50N2S. The Hall–Kier alpha value is -8.76. The average molecular weight is 951 g/mol. The van der Waals surface area contributed by atoms with E-state index in [2.05, 4.69) is 263 Å². The summed E-state index contributed by atoms with van der Waals surface area (Å²) in [6, 6.07) is 88.3. The zero-order chi connectivity index (χ0) is 49.0. The molecule has 0 fully saturated rings. The number of thiophene rings is 1. The van der Waals surface area contributed by atoms with E-state index >= 15 is 0 Å². The molecule has 2 heterocycles. The largest absolute Gasteiger partial charge is 0.232 e. The fourth-order valence-corrected chi connectivity index (χ4v) is 12.6. The molecule has 0 N–H and O–H groups in total. The van der Waals surface area contributed by atoms with Gasteiger partial charge in [-0.1, -0.05) is 219 Å². The Balaban J connectivity index is 0.970. The molecule has 0 bridgehead atoms. The first-order valence-corrected chi connectivity index (χ1v) is 26.0. The van der Waals surface area contributed by atoms with E-state index in [1.165, 1.54) is 92.1 Å². The van der Waals surface area contributed by atoms with Crippen molar-refractivity contribution in [3.05, 3.63) is 265 Å². The van der Waals surface area contributed by atoms with Gasteiger partial charge in [-0.2, -0.15) is 0 Å². The average Bonchev–Trinajstić information content (AvgIpc) is 3.83. The molecule has 13 rings (SSSR count). The number of hydrogen-bond donors (Lipinski definition) is 0. The lowest BCUT2D eigenvalue weighted by Gasteiger charge is -2.22. The predicted molar refractivity (Wildman–Crippen MR) is 311 cm³/mol. The minimum atomic E-state index is -0.0632. The molecule has 1 atom stereocenters. The van der Waals surface area contributed by atoms with Crippen molar-refractivity contribution < 1.29 is 0 Å². The van der Waals surface area contributed by atoms with E-state index in [0.29, 0.717) is 0 Å². The van der Waals surface area contributed by atoms with Crippen molar-refractivity contribution in [2.75, 3.05) is 0 Å². The van der Waals surface area contributed by atoms with Gasteiger partial charge in [-0.05, 0) is 132 Å². The van der Waals surface area contributed by atoms with Crippen LogP contribution in [0.4, 0.5) is 0 Å². The monoisotopic (exact) mass is 950 g/mol. The highest BCUT2D eigenvalue weighted by molar-refractivity contribution is 7.26. The maximum atomic E-state index is 5.70. The fourth-order valence-electron chi connectivity index (χ4n) is 11.3. The van der Waals surface area contributed by atoms with Crippen molar-refractivity contribution >= 4 is 53.1 Å². The van der Waals surface area contributed by atoms with Crippen LogP contribution in [-0.4, -0.2) is 9.97 Å². The first kappa shape index (κ1) is 44.2. The molecule has 73 heavy (non-hydrogen) atoms. The summed E-state index contributed by atoms with van der Waals surface area (Å²) in [6.07, 6.45) is 0. The highest BCUT2D eigenvalue weighted by Gasteiger charge is 2.25. The van der Waals surface area contributed by atoms with Crippen LogP contribution in [0.1, 0.15) is 35.2 Å². The molecular weight excluding hydrogens is 901 g/mol. The van der Waals surface area contributed by atoms with Gasteiger partial charge in [0, 0.05) is 42.8 Å². The Kier molecular flexibility index (Phi) is 11.2. The van der Waals surface area contributed by atoms with Crippen LogP contribution in [0.2, 0.25) is 0 Å². The van der Waals surface area contributed by atoms with Gasteiger partial charge >= 0.3 is 0 Å². The zero-order valence-electron chi connectivity index (χ0n) is 41.0. The Morgan fingerprint density at radius 3 is 1.66 bits per heavy atom. The molecule has 0 amide bonds. The summed E-state index contributed by atoms with van der Waals surface area (Å²) in [5, 5.41) is 7.24. The van der Waals surface area contributed by atoms with Crippen molar-refractivity contribution in [1.29, 1.82) is 0 Å². The molecule has 0 spiro atoms. The Morgan fingerprint density at radius 2 is 0.890 bits per heavy atom. The number of benzene rings is 11. The summed E-state index contributed by atoms with van der Waals surface area (Å²) in [4.78, 5) is 11.3. The molecule has 0 radical (unpaired) electrons. The predicted octanol–water partition coefficient (Wildman–Crippen LogP) is 19.6. The summed E-state index contributed by atoms with van der Waals surface area (Å²) in [7, 11) is 0. The number of rotatable bonds is 9. The fraction of sp³-hybridized carbons (Fsp3) is 0.0571. The molecule has 0 aliphatic heterocycles. The topological polar surface area (TPSA) is 25.8 Å². The molecule has 1 unspecified atom stereocenters. The van der Waals surface area contributed by atoms with Crippen molar-refractivity contribution in [1.82, 2.24) is 9.97 Å². The van der Waals surface area contributed by atoms with E-state index in [-0.39, 0.29) is 5.92 Å². The molecule has 11 aromatic carbocycles. The van der Waals surface area contributed by atoms with Crippen LogP contribution in [0.3, 0.4) is 0 Å². The highest BCUT2D eigenvalue weighted by Crippen LogP contribution is 2.46. The van der Waals surface area contributed by atoms with Gasteiger partial charge in [0.2, 0.25) is 0 Å². The Labute approximate surface area is 430 Å². The van der Waals surface area contributed by atoms with Crippen molar-refractivity contribution in [3.8, 4) is 78.3 Å². The summed E-state index contributed by atoms with van der Waals surface area (Å²) < 4.78 is 2.63. The van der Waals surface area contributed by atoms with Crippen LogP contribution in [0.15, 0.2) is 243 Å². The molecule has 346 valence electrons. The van der Waals surface area contributed by atoms with Gasteiger partial charge in [0.1, 0.15) is 0 Å². The lowest BCUT2D eigenvalue weighted by Crippen LogP contribution is -2.09. The van der Waals surface area contributed by atoms with E-state index < -0.39 is 0 Å². The standard InChI is InChI=1S/C70H50N2S/c1-44-38-39-63-60-30-14-15-37-65(60)73-69(63)66(44)61-31-13-12-28-55(61)45(2)67-46(3)68(62-35-17-25-49-24-10-11-29-56(49)62)72-70(71-67)64-36-19-33-58-57(32-18-34-59(58)64)51-27-16-26-50(40-51)54-42-52(47-20-6-4-7-21-47)41-53(43-54)48-22-8-5-9-23-48/h4-43,45H,1-3H3. The molecule has 0 saturated heterocycles. The van der Waals surface area contributed by atoms with E-state index in [9.17, 15) is 0 Å². The normalized spacial score (nSPS) is 12.0. The highest BCUT2D eigenvalue weighted by atomic mass is 32.1. The minimum absolute atomic E-state index is 0.0632. The van der Waals surface area contributed by atoms with Crippen LogP contribution in [-0.2, 0) is 0 Å². The molecule has 0 saturated carbocycles. The lowest BCUT2D eigenvalue weighted by atomic mass is 9.85. The summed E-state index contributed by atoms with van der Waals surface area (Å²) in [5.74, 6) is 0.658. The van der Waals surface area contributed by atoms with Crippen LogP contribution < -0.4 is 0 Å². The van der Waals surface area contributed by atoms with Crippen molar-refractivity contribution in [2.24, 2.45) is 0 Å². The molecule has 13 aromatic rings. The van der Waals surface area contributed by atoms with Gasteiger partial charge < -0.3 is 0 Å². The number of hydrogen-bond acceptors (Lipinski definition) is 3. The maximum Gasteiger partial charge on any atom is 0.160 e. The van der Waals surface area contributed by atoms with Crippen molar-refractivity contribution in [2.45, 2.75) is 26.7 Å². The first-order chi connectivity index (χ1) is 35.9. The van der Waals surface area contributed by atoms with Gasteiger partial charge in [-0.3, -0.25) is 0 Å². The lowest BCUT2D eigenvalue weighted by molar-refractivity contribution is 0.852. The van der Waals surface area contributed by atoms with Crippen LogP contribution in [0, 0.1) is 13.8 Å². The van der Waals surface area contributed by atoms with Crippen LogP contribution in [0.5, 0.6) is 0 Å². The van der Waals surface area contributed by atoms with E-state index in [1.54, 1.807) is 0 Å². The second-order valence-electron chi connectivity index (χ2n) is 19.3. The molecule has 2 nitrogen and oxygen atoms in total. The van der Waals surface area contributed by atoms with Gasteiger partial charge in [0.15, 0.2) is 5.82 Å². The van der Waals surface area contributed by atoms with Gasteiger partial charge in [0.25, 0.3) is 0 Å². The van der Waals surface area contributed by atoms with Gasteiger partial charge in [-0.25, -0.2) is 9.97 Å². The number of nitrogens with zero attached hydrogens (tertiary/aromatic N) is 2. The SMILES string of the molecule is Cc1ccc2c(sc3ccccc32)c1-c1ccccc1C(C)c1nc(-c2cccc3c(-c4cccc(-c5cc(-c6ccccc6)cc(-c6ccccc6)c5)c4)cccc23)nc(-c2cccc3ccccc23)c1C. The summed E-state index contributed by atoms with van der Waals surface area (Å²) in [6.45, 7) is 6.81. The number of fused-ring (bicyclic) bond motifs is 5.